The third kappa shape index (κ3) is 3.96. The van der Waals surface area contributed by atoms with Gasteiger partial charge in [-0.2, -0.15) is 0 Å². The Hall–Kier alpha value is -1.56. The molecule has 0 bridgehead atoms. The molecule has 1 aromatic carbocycles. The van der Waals surface area contributed by atoms with E-state index in [0.29, 0.717) is 5.75 Å². The van der Waals surface area contributed by atoms with Crippen LogP contribution in [-0.2, 0) is 14.6 Å². The Bertz CT molecular complexity index is 562. The number of rotatable bonds is 5. The van der Waals surface area contributed by atoms with E-state index >= 15 is 0 Å². The van der Waals surface area contributed by atoms with Gasteiger partial charge in [-0.25, -0.2) is 13.2 Å². The van der Waals surface area contributed by atoms with Crippen LogP contribution in [0.4, 0.5) is 0 Å². The van der Waals surface area contributed by atoms with E-state index in [1.807, 2.05) is 13.8 Å². The normalized spacial score (nSPS) is 12.8. The summed E-state index contributed by atoms with van der Waals surface area (Å²) in [6.45, 7) is 3.82. The van der Waals surface area contributed by atoms with Gasteiger partial charge in [0, 0.05) is 6.26 Å². The number of sulfone groups is 1. The van der Waals surface area contributed by atoms with Crippen LogP contribution in [0.1, 0.15) is 30.6 Å². The molecule has 0 spiro atoms. The second-order valence-electron chi connectivity index (χ2n) is 4.26. The summed E-state index contributed by atoms with van der Waals surface area (Å²) in [6, 6.07) is 4.17. The lowest BCUT2D eigenvalue weighted by atomic mass is 10.2. The molecule has 0 heterocycles. The summed E-state index contributed by atoms with van der Waals surface area (Å²) in [7, 11) is -2.14. The lowest BCUT2D eigenvalue weighted by molar-refractivity contribution is 0.0593. The van der Waals surface area contributed by atoms with Crippen LogP contribution in [0.3, 0.4) is 0 Å². The van der Waals surface area contributed by atoms with Crippen LogP contribution in [0.15, 0.2) is 23.1 Å². The molecule has 0 aliphatic rings. The minimum absolute atomic E-state index is 0.0596. The molecule has 5 nitrogen and oxygen atoms in total. The van der Waals surface area contributed by atoms with Gasteiger partial charge in [0.2, 0.25) is 0 Å². The van der Waals surface area contributed by atoms with Gasteiger partial charge in [-0.1, -0.05) is 6.92 Å². The first kappa shape index (κ1) is 15.5. The molecule has 0 aliphatic heterocycles. The maximum atomic E-state index is 11.7. The average molecular weight is 286 g/mol. The number of benzene rings is 1. The molecule has 0 saturated heterocycles. The quantitative estimate of drug-likeness (QED) is 0.775. The highest BCUT2D eigenvalue weighted by molar-refractivity contribution is 7.90. The summed E-state index contributed by atoms with van der Waals surface area (Å²) < 4.78 is 33.2. The fourth-order valence-electron chi connectivity index (χ4n) is 1.41. The van der Waals surface area contributed by atoms with Crippen molar-refractivity contribution in [3.63, 3.8) is 0 Å². The predicted octanol–water partition coefficient (Wildman–Crippen LogP) is 2.05. The van der Waals surface area contributed by atoms with Crippen LogP contribution in [0.2, 0.25) is 0 Å². The Morgan fingerprint density at radius 1 is 1.37 bits per heavy atom. The molecule has 0 aliphatic carbocycles. The molecule has 0 aromatic heterocycles. The van der Waals surface area contributed by atoms with Crippen molar-refractivity contribution in [2.24, 2.45) is 0 Å². The summed E-state index contributed by atoms with van der Waals surface area (Å²) >= 11 is 0. The van der Waals surface area contributed by atoms with Gasteiger partial charge in [-0.3, -0.25) is 0 Å². The van der Waals surface area contributed by atoms with E-state index in [4.69, 9.17) is 4.74 Å². The van der Waals surface area contributed by atoms with Crippen molar-refractivity contribution < 1.29 is 22.7 Å². The van der Waals surface area contributed by atoms with Crippen molar-refractivity contribution in [3.8, 4) is 5.75 Å². The van der Waals surface area contributed by atoms with Gasteiger partial charge in [0.15, 0.2) is 9.84 Å². The summed E-state index contributed by atoms with van der Waals surface area (Å²) in [5, 5.41) is 0. The first-order valence-electron chi connectivity index (χ1n) is 5.88. The van der Waals surface area contributed by atoms with Crippen LogP contribution in [0.5, 0.6) is 5.75 Å². The summed E-state index contributed by atoms with van der Waals surface area (Å²) in [5.41, 5.74) is 0.116. The maximum absolute atomic E-state index is 11.7. The van der Waals surface area contributed by atoms with Gasteiger partial charge in [-0.15, -0.1) is 0 Å². The van der Waals surface area contributed by atoms with Crippen molar-refractivity contribution >= 4 is 15.8 Å². The largest absolute Gasteiger partial charge is 0.490 e. The molecule has 106 valence electrons. The number of hydrogen-bond donors (Lipinski definition) is 0. The van der Waals surface area contributed by atoms with E-state index in [-0.39, 0.29) is 16.6 Å². The van der Waals surface area contributed by atoms with Crippen LogP contribution in [0.25, 0.3) is 0 Å². The lowest BCUT2D eigenvalue weighted by Gasteiger charge is -2.15. The smallest absolute Gasteiger partial charge is 0.341 e. The van der Waals surface area contributed by atoms with Gasteiger partial charge < -0.3 is 9.47 Å². The first-order chi connectivity index (χ1) is 8.79. The summed E-state index contributed by atoms with van der Waals surface area (Å²) in [4.78, 5) is 11.7. The van der Waals surface area contributed by atoms with Gasteiger partial charge >= 0.3 is 5.97 Å². The second kappa shape index (κ2) is 6.06. The number of ether oxygens (including phenoxy) is 2. The first-order valence-corrected chi connectivity index (χ1v) is 7.77. The van der Waals surface area contributed by atoms with E-state index in [2.05, 4.69) is 4.74 Å². The fourth-order valence-corrected chi connectivity index (χ4v) is 2.06. The zero-order chi connectivity index (χ0) is 14.6. The van der Waals surface area contributed by atoms with Crippen LogP contribution in [-0.4, -0.2) is 33.9 Å². The molecule has 0 radical (unpaired) electrons. The van der Waals surface area contributed by atoms with E-state index < -0.39 is 15.8 Å². The molecule has 1 aromatic rings. The van der Waals surface area contributed by atoms with Crippen molar-refractivity contribution in [1.29, 1.82) is 0 Å². The highest BCUT2D eigenvalue weighted by Crippen LogP contribution is 2.25. The number of esters is 1. The maximum Gasteiger partial charge on any atom is 0.341 e. The lowest BCUT2D eigenvalue weighted by Crippen LogP contribution is -2.14. The molecule has 0 saturated carbocycles. The third-order valence-corrected chi connectivity index (χ3v) is 3.80. The zero-order valence-electron chi connectivity index (χ0n) is 11.5. The van der Waals surface area contributed by atoms with Gasteiger partial charge in [-0.05, 0) is 31.5 Å². The Kier molecular flexibility index (Phi) is 4.94. The highest BCUT2D eigenvalue weighted by atomic mass is 32.2. The van der Waals surface area contributed by atoms with Crippen molar-refractivity contribution in [2.45, 2.75) is 31.3 Å². The Morgan fingerprint density at radius 3 is 2.47 bits per heavy atom. The standard InChI is InChI=1S/C13H18O5S/c1-5-9(2)18-12-7-6-10(19(4,15)16)8-11(12)13(14)17-3/h6-9H,5H2,1-4H3. The summed E-state index contributed by atoms with van der Waals surface area (Å²) in [5.74, 6) is -0.294. The fraction of sp³-hybridized carbons (Fsp3) is 0.462. The molecule has 1 rings (SSSR count). The van der Waals surface area contributed by atoms with Gasteiger partial charge in [0.05, 0.1) is 18.1 Å². The molecular formula is C13H18O5S. The number of carbonyl (C=O) groups is 1. The predicted molar refractivity (Wildman–Crippen MR) is 71.3 cm³/mol. The average Bonchev–Trinajstić information content (AvgIpc) is 2.36. The second-order valence-corrected chi connectivity index (χ2v) is 6.27. The third-order valence-electron chi connectivity index (χ3n) is 2.69. The molecule has 0 fully saturated rings. The molecule has 1 atom stereocenters. The van der Waals surface area contributed by atoms with Crippen molar-refractivity contribution in [3.05, 3.63) is 23.8 Å². The van der Waals surface area contributed by atoms with Crippen molar-refractivity contribution in [1.82, 2.24) is 0 Å². The minimum Gasteiger partial charge on any atom is -0.490 e. The molecule has 6 heteroatoms. The minimum atomic E-state index is -3.38. The van der Waals surface area contributed by atoms with Gasteiger partial charge in [0.1, 0.15) is 11.3 Å². The van der Waals surface area contributed by atoms with Crippen LogP contribution in [0, 0.1) is 0 Å². The SMILES string of the molecule is CCC(C)Oc1ccc(S(C)(=O)=O)cc1C(=O)OC. The Labute approximate surface area is 113 Å². The molecule has 1 unspecified atom stereocenters. The topological polar surface area (TPSA) is 69.7 Å². The zero-order valence-corrected chi connectivity index (χ0v) is 12.3. The van der Waals surface area contributed by atoms with Gasteiger partial charge in [0.25, 0.3) is 0 Å². The number of methoxy groups -OCH3 is 1. The van der Waals surface area contributed by atoms with Crippen LogP contribution >= 0.6 is 0 Å². The Balaban J connectivity index is 3.29. The van der Waals surface area contributed by atoms with Crippen molar-refractivity contribution in [2.75, 3.05) is 13.4 Å². The molecule has 19 heavy (non-hydrogen) atoms. The molecular weight excluding hydrogens is 268 g/mol. The monoisotopic (exact) mass is 286 g/mol. The van der Waals surface area contributed by atoms with E-state index in [1.165, 1.54) is 25.3 Å². The molecule has 0 N–H and O–H groups in total. The summed E-state index contributed by atoms with van der Waals surface area (Å²) in [6.07, 6.45) is 1.78. The highest BCUT2D eigenvalue weighted by Gasteiger charge is 2.18. The van der Waals surface area contributed by atoms with Crippen LogP contribution < -0.4 is 4.74 Å². The number of hydrogen-bond acceptors (Lipinski definition) is 5. The van der Waals surface area contributed by atoms with E-state index in [9.17, 15) is 13.2 Å². The molecule has 0 amide bonds. The number of carbonyl (C=O) groups excluding carboxylic acids is 1. The van der Waals surface area contributed by atoms with E-state index in [0.717, 1.165) is 12.7 Å². The Morgan fingerprint density at radius 2 is 2.00 bits per heavy atom. The van der Waals surface area contributed by atoms with E-state index in [1.54, 1.807) is 0 Å².